The fraction of sp³-hybridized carbons (Fsp3) is 0.722. The van der Waals surface area contributed by atoms with Crippen LogP contribution in [-0.4, -0.2) is 22.3 Å². The number of hydrogen-bond acceptors (Lipinski definition) is 2. The number of rotatable bonds is 14. The standard InChI is InChI=1S/C18H32O3/c1-2-3-4-5-6-8-11-14-17(19)15-12-9-7-10-13-16-18(20)21/h6,8,13,16-17,19H,2-5,7,9-12,14-15H2,1H3,(H,20,21). The van der Waals surface area contributed by atoms with Crippen LogP contribution in [0.1, 0.15) is 77.6 Å². The zero-order valence-corrected chi connectivity index (χ0v) is 13.5. The predicted octanol–water partition coefficient (Wildman–Crippen LogP) is 4.86. The molecule has 0 aliphatic carbocycles. The third-order valence-electron chi connectivity index (χ3n) is 3.48. The lowest BCUT2D eigenvalue weighted by Crippen LogP contribution is -2.05. The molecule has 3 nitrogen and oxygen atoms in total. The second-order valence-electron chi connectivity index (χ2n) is 5.58. The van der Waals surface area contributed by atoms with E-state index in [0.29, 0.717) is 0 Å². The van der Waals surface area contributed by atoms with Gasteiger partial charge >= 0.3 is 5.97 Å². The SMILES string of the molecule is CCCCCC=CCCC(O)CCCCCC=CC(=O)O. The monoisotopic (exact) mass is 296 g/mol. The Bertz CT molecular complexity index is 295. The van der Waals surface area contributed by atoms with Crippen molar-refractivity contribution < 1.29 is 15.0 Å². The number of unbranched alkanes of at least 4 members (excludes halogenated alkanes) is 6. The number of hydrogen-bond donors (Lipinski definition) is 2. The highest BCUT2D eigenvalue weighted by molar-refractivity contribution is 5.79. The van der Waals surface area contributed by atoms with Crippen molar-refractivity contribution in [3.63, 3.8) is 0 Å². The first-order chi connectivity index (χ1) is 10.2. The zero-order valence-electron chi connectivity index (χ0n) is 13.5. The third kappa shape index (κ3) is 16.9. The summed E-state index contributed by atoms with van der Waals surface area (Å²) in [5, 5.41) is 18.3. The van der Waals surface area contributed by atoms with Crippen molar-refractivity contribution in [1.29, 1.82) is 0 Å². The van der Waals surface area contributed by atoms with E-state index < -0.39 is 5.97 Å². The second kappa shape index (κ2) is 15.3. The maximum absolute atomic E-state index is 10.3. The van der Waals surface area contributed by atoms with Crippen molar-refractivity contribution in [2.45, 2.75) is 83.7 Å². The molecule has 0 fully saturated rings. The van der Waals surface area contributed by atoms with Gasteiger partial charge < -0.3 is 10.2 Å². The first kappa shape index (κ1) is 19.9. The molecule has 3 heteroatoms. The summed E-state index contributed by atoms with van der Waals surface area (Å²) >= 11 is 0. The van der Waals surface area contributed by atoms with Gasteiger partial charge in [-0.1, -0.05) is 50.8 Å². The predicted molar refractivity (Wildman–Crippen MR) is 88.4 cm³/mol. The molecular weight excluding hydrogens is 264 g/mol. The summed E-state index contributed by atoms with van der Waals surface area (Å²) in [5.74, 6) is -0.881. The highest BCUT2D eigenvalue weighted by Gasteiger charge is 2.02. The topological polar surface area (TPSA) is 57.5 Å². The molecule has 0 aromatic rings. The number of carbonyl (C=O) groups is 1. The van der Waals surface area contributed by atoms with Crippen molar-refractivity contribution >= 4 is 5.97 Å². The van der Waals surface area contributed by atoms with Gasteiger partial charge in [0.1, 0.15) is 0 Å². The molecule has 0 amide bonds. The van der Waals surface area contributed by atoms with E-state index in [0.717, 1.165) is 51.4 Å². The number of aliphatic hydroxyl groups is 1. The fourth-order valence-corrected chi connectivity index (χ4v) is 2.18. The highest BCUT2D eigenvalue weighted by Crippen LogP contribution is 2.10. The molecule has 1 atom stereocenters. The normalized spacial score (nSPS) is 13.2. The molecule has 21 heavy (non-hydrogen) atoms. The molecule has 0 aliphatic rings. The lowest BCUT2D eigenvalue weighted by Gasteiger charge is -2.08. The smallest absolute Gasteiger partial charge is 0.327 e. The fourth-order valence-electron chi connectivity index (χ4n) is 2.18. The Kier molecular flexibility index (Phi) is 14.5. The van der Waals surface area contributed by atoms with Gasteiger partial charge in [-0.05, 0) is 44.9 Å². The molecule has 0 saturated heterocycles. The molecule has 122 valence electrons. The number of aliphatic carboxylic acids is 1. The molecule has 0 rings (SSSR count). The Balaban J connectivity index is 3.34. The van der Waals surface area contributed by atoms with Crippen LogP contribution in [0.3, 0.4) is 0 Å². The van der Waals surface area contributed by atoms with Crippen molar-refractivity contribution in [3.8, 4) is 0 Å². The number of carboxylic acids is 1. The van der Waals surface area contributed by atoms with Crippen LogP contribution < -0.4 is 0 Å². The average Bonchev–Trinajstić information content (AvgIpc) is 2.45. The van der Waals surface area contributed by atoms with Gasteiger partial charge in [-0.2, -0.15) is 0 Å². The first-order valence-corrected chi connectivity index (χ1v) is 8.39. The van der Waals surface area contributed by atoms with Crippen LogP contribution in [-0.2, 0) is 4.79 Å². The average molecular weight is 296 g/mol. The Hall–Kier alpha value is -1.09. The van der Waals surface area contributed by atoms with E-state index >= 15 is 0 Å². The van der Waals surface area contributed by atoms with Crippen molar-refractivity contribution in [2.75, 3.05) is 0 Å². The van der Waals surface area contributed by atoms with Gasteiger partial charge in [-0.15, -0.1) is 0 Å². The van der Waals surface area contributed by atoms with Crippen molar-refractivity contribution in [2.24, 2.45) is 0 Å². The minimum absolute atomic E-state index is 0.195. The van der Waals surface area contributed by atoms with E-state index in [1.54, 1.807) is 6.08 Å². The van der Waals surface area contributed by atoms with Gasteiger partial charge in [-0.3, -0.25) is 0 Å². The minimum atomic E-state index is -0.881. The van der Waals surface area contributed by atoms with Crippen molar-refractivity contribution in [1.82, 2.24) is 0 Å². The van der Waals surface area contributed by atoms with E-state index in [1.807, 2.05) is 0 Å². The first-order valence-electron chi connectivity index (χ1n) is 8.39. The van der Waals surface area contributed by atoms with Crippen LogP contribution in [0, 0.1) is 0 Å². The molecular formula is C18H32O3. The van der Waals surface area contributed by atoms with E-state index in [-0.39, 0.29) is 6.10 Å². The molecule has 0 aliphatic heterocycles. The van der Waals surface area contributed by atoms with Gasteiger partial charge in [0.15, 0.2) is 0 Å². The largest absolute Gasteiger partial charge is 0.478 e. The lowest BCUT2D eigenvalue weighted by atomic mass is 10.0. The van der Waals surface area contributed by atoms with Gasteiger partial charge in [-0.25, -0.2) is 4.79 Å². The van der Waals surface area contributed by atoms with Gasteiger partial charge in [0.2, 0.25) is 0 Å². The quantitative estimate of drug-likeness (QED) is 0.273. The molecule has 0 aromatic carbocycles. The van der Waals surface area contributed by atoms with Crippen LogP contribution >= 0.6 is 0 Å². The molecule has 0 heterocycles. The third-order valence-corrected chi connectivity index (χ3v) is 3.48. The van der Waals surface area contributed by atoms with Crippen LogP contribution in [0.4, 0.5) is 0 Å². The molecule has 0 aromatic heterocycles. The molecule has 1 unspecified atom stereocenters. The second-order valence-corrected chi connectivity index (χ2v) is 5.58. The number of aliphatic hydroxyl groups excluding tert-OH is 1. The zero-order chi connectivity index (χ0) is 15.8. The number of carboxylic acid groups (broad SMARTS) is 1. The van der Waals surface area contributed by atoms with Gasteiger partial charge in [0, 0.05) is 6.08 Å². The molecule has 2 N–H and O–H groups in total. The summed E-state index contributed by atoms with van der Waals surface area (Å²) in [6.45, 7) is 2.21. The summed E-state index contributed by atoms with van der Waals surface area (Å²) in [5.41, 5.74) is 0. The van der Waals surface area contributed by atoms with Crippen molar-refractivity contribution in [3.05, 3.63) is 24.3 Å². The Morgan fingerprint density at radius 3 is 2.29 bits per heavy atom. The lowest BCUT2D eigenvalue weighted by molar-refractivity contribution is -0.131. The molecule has 0 bridgehead atoms. The summed E-state index contributed by atoms with van der Waals surface area (Å²) < 4.78 is 0. The van der Waals surface area contributed by atoms with Crippen LogP contribution in [0.25, 0.3) is 0 Å². The molecule has 0 spiro atoms. The molecule has 0 saturated carbocycles. The van der Waals surface area contributed by atoms with E-state index in [1.165, 1.54) is 25.3 Å². The highest BCUT2D eigenvalue weighted by atomic mass is 16.4. The molecule has 0 radical (unpaired) electrons. The van der Waals surface area contributed by atoms with E-state index in [4.69, 9.17) is 5.11 Å². The Morgan fingerprint density at radius 1 is 0.905 bits per heavy atom. The summed E-state index contributed by atoms with van der Waals surface area (Å²) in [7, 11) is 0. The van der Waals surface area contributed by atoms with Crippen LogP contribution in [0.2, 0.25) is 0 Å². The summed E-state index contributed by atoms with van der Waals surface area (Å²) in [6.07, 6.45) is 18.7. The summed E-state index contributed by atoms with van der Waals surface area (Å²) in [6, 6.07) is 0. The Morgan fingerprint density at radius 2 is 1.57 bits per heavy atom. The maximum atomic E-state index is 10.3. The van der Waals surface area contributed by atoms with E-state index in [2.05, 4.69) is 19.1 Å². The maximum Gasteiger partial charge on any atom is 0.327 e. The minimum Gasteiger partial charge on any atom is -0.478 e. The Labute approximate surface area is 129 Å². The van der Waals surface area contributed by atoms with Crippen LogP contribution in [0.5, 0.6) is 0 Å². The van der Waals surface area contributed by atoms with Gasteiger partial charge in [0.25, 0.3) is 0 Å². The summed E-state index contributed by atoms with van der Waals surface area (Å²) in [4.78, 5) is 10.3. The van der Waals surface area contributed by atoms with Gasteiger partial charge in [0.05, 0.1) is 6.10 Å². The number of allylic oxidation sites excluding steroid dienone is 3. The van der Waals surface area contributed by atoms with Crippen LogP contribution in [0.15, 0.2) is 24.3 Å². The van der Waals surface area contributed by atoms with E-state index in [9.17, 15) is 9.90 Å².